The maximum absolute atomic E-state index is 12.3. The van der Waals surface area contributed by atoms with Crippen molar-refractivity contribution in [3.63, 3.8) is 0 Å². The van der Waals surface area contributed by atoms with Gasteiger partial charge in [-0.3, -0.25) is 9.59 Å². The van der Waals surface area contributed by atoms with Crippen LogP contribution in [0.25, 0.3) is 0 Å². The fraction of sp³-hybridized carbons (Fsp3) is 0.300. The van der Waals surface area contributed by atoms with E-state index < -0.39 is 15.7 Å². The molecule has 0 unspecified atom stereocenters. The molecule has 2 aromatic rings. The number of hydrogen-bond donors (Lipinski definition) is 2. The molecule has 0 saturated heterocycles. The van der Waals surface area contributed by atoms with Crippen LogP contribution >= 0.6 is 0 Å². The molecule has 0 spiro atoms. The van der Waals surface area contributed by atoms with Gasteiger partial charge in [-0.25, -0.2) is 8.42 Å². The molecule has 0 bridgehead atoms. The summed E-state index contributed by atoms with van der Waals surface area (Å²) >= 11 is 0. The van der Waals surface area contributed by atoms with E-state index in [0.717, 1.165) is 28.6 Å². The first-order valence-corrected chi connectivity index (χ1v) is 10.5. The Balaban J connectivity index is 1.99. The van der Waals surface area contributed by atoms with Gasteiger partial charge in [0.1, 0.15) is 0 Å². The highest BCUT2D eigenvalue weighted by Crippen LogP contribution is 2.21. The van der Waals surface area contributed by atoms with Crippen LogP contribution in [0, 0.1) is 20.8 Å². The molecule has 2 rings (SSSR count). The molecule has 2 amide bonds. The molecule has 0 radical (unpaired) electrons. The smallest absolute Gasteiger partial charge is 0.251 e. The minimum absolute atomic E-state index is 0.138. The standard InChI is InChI=1S/C20H24N2O4S/c1-13-8-14(2)19(15(3)9-13)22-18(23)11-21-20(24)17-7-5-6-16(10-17)12-27(4,25)26/h5-10H,11-12H2,1-4H3,(H,21,24)(H,22,23). The summed E-state index contributed by atoms with van der Waals surface area (Å²) in [7, 11) is -3.19. The van der Waals surface area contributed by atoms with Crippen LogP contribution in [0.5, 0.6) is 0 Å². The highest BCUT2D eigenvalue weighted by atomic mass is 32.2. The van der Waals surface area contributed by atoms with E-state index in [1.54, 1.807) is 18.2 Å². The number of aryl methyl sites for hydroxylation is 3. The van der Waals surface area contributed by atoms with E-state index in [-0.39, 0.29) is 18.2 Å². The van der Waals surface area contributed by atoms with Crippen LogP contribution < -0.4 is 10.6 Å². The number of benzene rings is 2. The van der Waals surface area contributed by atoms with E-state index in [2.05, 4.69) is 10.6 Å². The molecular formula is C20H24N2O4S. The van der Waals surface area contributed by atoms with Gasteiger partial charge in [-0.2, -0.15) is 0 Å². The molecule has 27 heavy (non-hydrogen) atoms. The van der Waals surface area contributed by atoms with Gasteiger partial charge in [0.15, 0.2) is 9.84 Å². The summed E-state index contributed by atoms with van der Waals surface area (Å²) < 4.78 is 22.8. The first kappa shape index (κ1) is 20.6. The predicted molar refractivity (Wildman–Crippen MR) is 107 cm³/mol. The molecule has 0 aliphatic rings. The first-order chi connectivity index (χ1) is 12.5. The summed E-state index contributed by atoms with van der Waals surface area (Å²) in [4.78, 5) is 24.4. The first-order valence-electron chi connectivity index (χ1n) is 8.48. The third-order valence-electron chi connectivity index (χ3n) is 3.97. The van der Waals surface area contributed by atoms with Crippen molar-refractivity contribution < 1.29 is 18.0 Å². The van der Waals surface area contributed by atoms with Gasteiger partial charge >= 0.3 is 0 Å². The molecular weight excluding hydrogens is 364 g/mol. The highest BCUT2D eigenvalue weighted by molar-refractivity contribution is 7.89. The van der Waals surface area contributed by atoms with Crippen LogP contribution in [0.3, 0.4) is 0 Å². The van der Waals surface area contributed by atoms with Crippen LogP contribution in [-0.2, 0) is 20.4 Å². The van der Waals surface area contributed by atoms with E-state index in [9.17, 15) is 18.0 Å². The maximum atomic E-state index is 12.3. The zero-order valence-electron chi connectivity index (χ0n) is 15.9. The average molecular weight is 388 g/mol. The maximum Gasteiger partial charge on any atom is 0.251 e. The fourth-order valence-corrected chi connectivity index (χ4v) is 3.71. The second-order valence-corrected chi connectivity index (χ2v) is 8.92. The van der Waals surface area contributed by atoms with Crippen molar-refractivity contribution in [2.45, 2.75) is 26.5 Å². The Bertz CT molecular complexity index is 958. The zero-order chi connectivity index (χ0) is 20.2. The Kier molecular flexibility index (Phi) is 6.38. The summed E-state index contributed by atoms with van der Waals surface area (Å²) in [6, 6.07) is 10.3. The Labute approximate surface area is 159 Å². The predicted octanol–water partition coefficient (Wildman–Crippen LogP) is 2.52. The number of amides is 2. The van der Waals surface area contributed by atoms with Crippen molar-refractivity contribution in [2.75, 3.05) is 18.1 Å². The third-order valence-corrected chi connectivity index (χ3v) is 4.83. The molecule has 0 heterocycles. The van der Waals surface area contributed by atoms with Crippen LogP contribution in [0.15, 0.2) is 36.4 Å². The average Bonchev–Trinajstić information content (AvgIpc) is 2.54. The molecule has 2 N–H and O–H groups in total. The second kappa shape index (κ2) is 8.35. The van der Waals surface area contributed by atoms with Crippen LogP contribution in [0.2, 0.25) is 0 Å². The van der Waals surface area contributed by atoms with E-state index >= 15 is 0 Å². The molecule has 2 aromatic carbocycles. The molecule has 6 nitrogen and oxygen atoms in total. The van der Waals surface area contributed by atoms with Gasteiger partial charge in [-0.05, 0) is 49.6 Å². The summed E-state index contributed by atoms with van der Waals surface area (Å²) in [5, 5.41) is 5.38. The molecule has 0 aliphatic carbocycles. The van der Waals surface area contributed by atoms with E-state index in [4.69, 9.17) is 0 Å². The van der Waals surface area contributed by atoms with Crippen molar-refractivity contribution in [2.24, 2.45) is 0 Å². The minimum Gasteiger partial charge on any atom is -0.343 e. The molecule has 144 valence electrons. The van der Waals surface area contributed by atoms with Gasteiger partial charge in [0, 0.05) is 17.5 Å². The minimum atomic E-state index is -3.19. The van der Waals surface area contributed by atoms with E-state index in [1.165, 1.54) is 6.07 Å². The van der Waals surface area contributed by atoms with Gasteiger partial charge in [0.05, 0.1) is 12.3 Å². The monoisotopic (exact) mass is 388 g/mol. The Morgan fingerprint density at radius 1 is 1.00 bits per heavy atom. The number of hydrogen-bond acceptors (Lipinski definition) is 4. The molecule has 0 fully saturated rings. The SMILES string of the molecule is Cc1cc(C)c(NC(=O)CNC(=O)c2cccc(CS(C)(=O)=O)c2)c(C)c1. The van der Waals surface area contributed by atoms with Crippen LogP contribution in [0.4, 0.5) is 5.69 Å². The van der Waals surface area contributed by atoms with Crippen LogP contribution in [0.1, 0.15) is 32.6 Å². The largest absolute Gasteiger partial charge is 0.343 e. The zero-order valence-corrected chi connectivity index (χ0v) is 16.7. The lowest BCUT2D eigenvalue weighted by molar-refractivity contribution is -0.115. The molecule has 7 heteroatoms. The summed E-state index contributed by atoms with van der Waals surface area (Å²) in [5.74, 6) is -0.899. The van der Waals surface area contributed by atoms with Crippen molar-refractivity contribution >= 4 is 27.3 Å². The quantitative estimate of drug-likeness (QED) is 0.795. The van der Waals surface area contributed by atoms with Crippen molar-refractivity contribution in [3.05, 3.63) is 64.2 Å². The van der Waals surface area contributed by atoms with Crippen molar-refractivity contribution in [3.8, 4) is 0 Å². The summed E-state index contributed by atoms with van der Waals surface area (Å²) in [6.07, 6.45) is 1.14. The van der Waals surface area contributed by atoms with Gasteiger partial charge in [-0.1, -0.05) is 29.8 Å². The molecule has 0 saturated carbocycles. The Morgan fingerprint density at radius 3 is 2.22 bits per heavy atom. The highest BCUT2D eigenvalue weighted by Gasteiger charge is 2.12. The number of rotatable bonds is 6. The van der Waals surface area contributed by atoms with Gasteiger partial charge in [0.25, 0.3) is 5.91 Å². The number of sulfone groups is 1. The molecule has 0 aliphatic heterocycles. The lowest BCUT2D eigenvalue weighted by Crippen LogP contribution is -2.33. The number of carbonyl (C=O) groups excluding carboxylic acids is 2. The van der Waals surface area contributed by atoms with E-state index in [1.807, 2.05) is 32.9 Å². The second-order valence-electron chi connectivity index (χ2n) is 6.78. The summed E-state index contributed by atoms with van der Waals surface area (Å²) in [5.41, 5.74) is 4.62. The molecule has 0 atom stereocenters. The van der Waals surface area contributed by atoms with Crippen molar-refractivity contribution in [1.29, 1.82) is 0 Å². The van der Waals surface area contributed by atoms with Gasteiger partial charge in [0.2, 0.25) is 5.91 Å². The lowest BCUT2D eigenvalue weighted by atomic mass is 10.1. The fourth-order valence-electron chi connectivity index (χ4n) is 2.93. The Hall–Kier alpha value is -2.67. The summed E-state index contributed by atoms with van der Waals surface area (Å²) in [6.45, 7) is 5.65. The lowest BCUT2D eigenvalue weighted by Gasteiger charge is -2.13. The van der Waals surface area contributed by atoms with Crippen LogP contribution in [-0.4, -0.2) is 33.0 Å². The van der Waals surface area contributed by atoms with Crippen molar-refractivity contribution in [1.82, 2.24) is 5.32 Å². The molecule has 0 aromatic heterocycles. The Morgan fingerprint density at radius 2 is 1.63 bits per heavy atom. The topological polar surface area (TPSA) is 92.3 Å². The number of carbonyl (C=O) groups is 2. The van der Waals surface area contributed by atoms with E-state index in [0.29, 0.717) is 11.1 Å². The number of anilines is 1. The number of nitrogens with one attached hydrogen (secondary N) is 2. The van der Waals surface area contributed by atoms with Gasteiger partial charge < -0.3 is 10.6 Å². The van der Waals surface area contributed by atoms with Gasteiger partial charge in [-0.15, -0.1) is 0 Å². The normalized spacial score (nSPS) is 11.1. The third kappa shape index (κ3) is 6.21.